The number of fused-ring (bicyclic) bond motifs is 2. The van der Waals surface area contributed by atoms with E-state index in [0.29, 0.717) is 31.0 Å². The second-order valence-corrected chi connectivity index (χ2v) is 8.98. The number of anilines is 1. The third-order valence-electron chi connectivity index (χ3n) is 6.70. The number of piperidine rings is 1. The van der Waals surface area contributed by atoms with Gasteiger partial charge in [-0.25, -0.2) is 0 Å². The fraction of sp³-hybridized carbons (Fsp3) is 0.652. The molecule has 2 unspecified atom stereocenters. The first kappa shape index (κ1) is 22.1. The van der Waals surface area contributed by atoms with Crippen LogP contribution in [0.5, 0.6) is 0 Å². The molecule has 3 N–H and O–H groups in total. The normalized spacial score (nSPS) is 26.4. The summed E-state index contributed by atoms with van der Waals surface area (Å²) in [5, 5.41) is 9.76. The first-order valence-electron chi connectivity index (χ1n) is 11.1. The molecule has 3 fully saturated rings. The molecule has 2 heterocycles. The molecular formula is C23H34ClN3O2. The van der Waals surface area contributed by atoms with Gasteiger partial charge in [0.2, 0.25) is 11.8 Å². The quantitative estimate of drug-likeness (QED) is 0.648. The van der Waals surface area contributed by atoms with Crippen molar-refractivity contribution in [1.82, 2.24) is 10.6 Å². The van der Waals surface area contributed by atoms with Crippen molar-refractivity contribution in [2.45, 2.75) is 82.8 Å². The summed E-state index contributed by atoms with van der Waals surface area (Å²) in [6, 6.07) is 9.11. The average molecular weight is 420 g/mol. The van der Waals surface area contributed by atoms with Crippen LogP contribution in [0.1, 0.15) is 69.8 Å². The minimum Gasteiger partial charge on any atom is -0.352 e. The van der Waals surface area contributed by atoms with Gasteiger partial charge in [-0.1, -0.05) is 31.4 Å². The van der Waals surface area contributed by atoms with E-state index in [1.807, 2.05) is 24.3 Å². The largest absolute Gasteiger partial charge is 0.352 e. The lowest BCUT2D eigenvalue weighted by Gasteiger charge is -2.28. The van der Waals surface area contributed by atoms with Gasteiger partial charge in [-0.05, 0) is 62.1 Å². The van der Waals surface area contributed by atoms with E-state index in [0.717, 1.165) is 49.8 Å². The summed E-state index contributed by atoms with van der Waals surface area (Å²) in [6.07, 6.45) is 11.0. The maximum atomic E-state index is 12.4. The fourth-order valence-corrected chi connectivity index (χ4v) is 5.24. The Morgan fingerprint density at radius 1 is 1.00 bits per heavy atom. The predicted molar refractivity (Wildman–Crippen MR) is 118 cm³/mol. The number of amides is 2. The van der Waals surface area contributed by atoms with Crippen molar-refractivity contribution in [3.8, 4) is 0 Å². The van der Waals surface area contributed by atoms with Crippen molar-refractivity contribution >= 4 is 29.9 Å². The number of hydrogen-bond acceptors (Lipinski definition) is 3. The Morgan fingerprint density at radius 2 is 1.72 bits per heavy atom. The lowest BCUT2D eigenvalue weighted by molar-refractivity contribution is -0.122. The summed E-state index contributed by atoms with van der Waals surface area (Å²) in [7, 11) is 0. The fourth-order valence-electron chi connectivity index (χ4n) is 5.24. The van der Waals surface area contributed by atoms with Gasteiger partial charge in [0.25, 0.3) is 0 Å². The molecule has 5 nitrogen and oxygen atoms in total. The zero-order valence-corrected chi connectivity index (χ0v) is 17.9. The summed E-state index contributed by atoms with van der Waals surface area (Å²) in [5.74, 6) is 0.946. The van der Waals surface area contributed by atoms with Crippen LogP contribution in [0, 0.1) is 11.8 Å². The van der Waals surface area contributed by atoms with Crippen molar-refractivity contribution in [2.24, 2.45) is 11.8 Å². The number of carbonyl (C=O) groups excluding carboxylic acids is 2. The summed E-state index contributed by atoms with van der Waals surface area (Å²) in [6.45, 7) is 0.518. The average Bonchev–Trinajstić information content (AvgIpc) is 3.05. The topological polar surface area (TPSA) is 70.2 Å². The van der Waals surface area contributed by atoms with Gasteiger partial charge < -0.3 is 16.0 Å². The third kappa shape index (κ3) is 6.19. The molecule has 0 spiro atoms. The first-order chi connectivity index (χ1) is 13.7. The summed E-state index contributed by atoms with van der Waals surface area (Å²) in [5.41, 5.74) is 1.86. The Morgan fingerprint density at radius 3 is 2.45 bits per heavy atom. The Hall–Kier alpha value is -1.59. The molecule has 2 saturated heterocycles. The number of carbonyl (C=O) groups is 2. The molecule has 1 aliphatic carbocycles. The maximum absolute atomic E-state index is 12.4. The minimum atomic E-state index is 0. The molecule has 4 rings (SSSR count). The Labute approximate surface area is 180 Å². The molecule has 29 heavy (non-hydrogen) atoms. The van der Waals surface area contributed by atoms with Crippen molar-refractivity contribution in [3.63, 3.8) is 0 Å². The van der Waals surface area contributed by atoms with Crippen LogP contribution in [0.25, 0.3) is 0 Å². The zero-order chi connectivity index (χ0) is 19.3. The van der Waals surface area contributed by atoms with Crippen LogP contribution >= 0.6 is 12.4 Å². The second-order valence-electron chi connectivity index (χ2n) is 8.98. The van der Waals surface area contributed by atoms with Gasteiger partial charge in [-0.2, -0.15) is 0 Å². The predicted octanol–water partition coefficient (Wildman–Crippen LogP) is 4.16. The zero-order valence-electron chi connectivity index (χ0n) is 17.1. The van der Waals surface area contributed by atoms with Gasteiger partial charge in [0, 0.05) is 36.7 Å². The Balaban J connectivity index is 0.00000240. The minimum absolute atomic E-state index is 0. The van der Waals surface area contributed by atoms with E-state index in [4.69, 9.17) is 0 Å². The number of rotatable bonds is 6. The molecular weight excluding hydrogens is 386 g/mol. The van der Waals surface area contributed by atoms with Crippen LogP contribution in [-0.4, -0.2) is 23.9 Å². The molecule has 2 bridgehead atoms. The SMILES string of the molecule is Cl.O=C(CC1CC2CCC(C1)N2)NCc1cccc(NC(=O)C2CCCCC2)c1. The number of hydrogen-bond donors (Lipinski definition) is 3. The van der Waals surface area contributed by atoms with E-state index >= 15 is 0 Å². The molecule has 2 atom stereocenters. The molecule has 1 saturated carbocycles. The first-order valence-corrected chi connectivity index (χ1v) is 11.1. The highest BCUT2D eigenvalue weighted by Gasteiger charge is 2.34. The van der Waals surface area contributed by atoms with E-state index < -0.39 is 0 Å². The van der Waals surface area contributed by atoms with Gasteiger partial charge in [-0.3, -0.25) is 9.59 Å². The van der Waals surface area contributed by atoms with E-state index in [1.165, 1.54) is 19.3 Å². The number of nitrogens with one attached hydrogen (secondary N) is 3. The van der Waals surface area contributed by atoms with Gasteiger partial charge in [-0.15, -0.1) is 12.4 Å². The van der Waals surface area contributed by atoms with Crippen LogP contribution in [0.3, 0.4) is 0 Å². The highest BCUT2D eigenvalue weighted by Crippen LogP contribution is 2.32. The third-order valence-corrected chi connectivity index (χ3v) is 6.70. The van der Waals surface area contributed by atoms with Crippen LogP contribution in [0.2, 0.25) is 0 Å². The van der Waals surface area contributed by atoms with Crippen molar-refractivity contribution < 1.29 is 9.59 Å². The highest BCUT2D eigenvalue weighted by molar-refractivity contribution is 5.92. The smallest absolute Gasteiger partial charge is 0.227 e. The van der Waals surface area contributed by atoms with Crippen LogP contribution in [0.4, 0.5) is 5.69 Å². The molecule has 2 amide bonds. The summed E-state index contributed by atoms with van der Waals surface area (Å²) < 4.78 is 0. The number of halogens is 1. The number of benzene rings is 1. The van der Waals surface area contributed by atoms with Crippen molar-refractivity contribution in [3.05, 3.63) is 29.8 Å². The standard InChI is InChI=1S/C23H33N3O2.ClH/c27-22(14-17-12-20-9-10-21(13-17)25-20)24-15-16-5-4-8-19(11-16)26-23(28)18-6-2-1-3-7-18;/h4-5,8,11,17-18,20-21,25H,1-3,6-7,9-10,12-15H2,(H,24,27)(H,26,28);1H. The van der Waals surface area contributed by atoms with Gasteiger partial charge >= 0.3 is 0 Å². The van der Waals surface area contributed by atoms with Crippen molar-refractivity contribution in [1.29, 1.82) is 0 Å². The molecule has 1 aromatic carbocycles. The van der Waals surface area contributed by atoms with E-state index in [2.05, 4.69) is 16.0 Å². The molecule has 0 radical (unpaired) electrons. The highest BCUT2D eigenvalue weighted by atomic mass is 35.5. The molecule has 3 aliphatic rings. The van der Waals surface area contributed by atoms with Gasteiger partial charge in [0.05, 0.1) is 0 Å². The van der Waals surface area contributed by atoms with Crippen LogP contribution < -0.4 is 16.0 Å². The molecule has 1 aromatic rings. The van der Waals surface area contributed by atoms with Crippen molar-refractivity contribution in [2.75, 3.05) is 5.32 Å². The molecule has 0 aromatic heterocycles. The van der Waals surface area contributed by atoms with Gasteiger partial charge in [0.15, 0.2) is 0 Å². The summed E-state index contributed by atoms with van der Waals surface area (Å²) >= 11 is 0. The maximum Gasteiger partial charge on any atom is 0.227 e. The molecule has 2 aliphatic heterocycles. The lowest BCUT2D eigenvalue weighted by atomic mass is 9.88. The molecule has 6 heteroatoms. The Kier molecular flexibility index (Phi) is 7.96. The van der Waals surface area contributed by atoms with E-state index in [9.17, 15) is 9.59 Å². The Bertz CT molecular complexity index is 693. The molecule has 160 valence electrons. The van der Waals surface area contributed by atoms with E-state index in [-0.39, 0.29) is 30.1 Å². The summed E-state index contributed by atoms with van der Waals surface area (Å²) in [4.78, 5) is 24.8. The van der Waals surface area contributed by atoms with Crippen LogP contribution in [0.15, 0.2) is 24.3 Å². The van der Waals surface area contributed by atoms with E-state index in [1.54, 1.807) is 0 Å². The lowest BCUT2D eigenvalue weighted by Crippen LogP contribution is -2.39. The van der Waals surface area contributed by atoms with Crippen LogP contribution in [-0.2, 0) is 16.1 Å². The van der Waals surface area contributed by atoms with Gasteiger partial charge in [0.1, 0.15) is 0 Å². The monoisotopic (exact) mass is 419 g/mol. The second kappa shape index (κ2) is 10.4.